The number of benzene rings is 1. The number of rotatable bonds is 3. The fourth-order valence-electron chi connectivity index (χ4n) is 2.26. The number of nitrogens with zero attached hydrogens (tertiary/aromatic N) is 2. The van der Waals surface area contributed by atoms with Gasteiger partial charge >= 0.3 is 6.03 Å². The first-order valence-electron chi connectivity index (χ1n) is 6.71. The zero-order valence-corrected chi connectivity index (χ0v) is 12.8. The van der Waals surface area contributed by atoms with E-state index >= 15 is 0 Å². The van der Waals surface area contributed by atoms with Crippen molar-refractivity contribution in [1.82, 2.24) is 15.2 Å². The molecule has 3 amide bonds. The quantitative estimate of drug-likeness (QED) is 0.883. The van der Waals surface area contributed by atoms with Crippen molar-refractivity contribution >= 4 is 23.5 Å². The molecule has 1 aromatic carbocycles. The number of hydrogen-bond donors (Lipinski definition) is 1. The molecule has 6 nitrogen and oxygen atoms in total. The van der Waals surface area contributed by atoms with E-state index in [9.17, 15) is 9.59 Å². The summed E-state index contributed by atoms with van der Waals surface area (Å²) >= 11 is 5.93. The van der Waals surface area contributed by atoms with Crippen LogP contribution >= 0.6 is 11.6 Å². The van der Waals surface area contributed by atoms with Crippen molar-refractivity contribution in [3.05, 3.63) is 41.2 Å². The molecular weight excluding hydrogens is 306 g/mol. The van der Waals surface area contributed by atoms with E-state index in [-0.39, 0.29) is 12.5 Å². The molecule has 7 heteroatoms. The van der Waals surface area contributed by atoms with Crippen LogP contribution in [-0.4, -0.2) is 27.4 Å². The van der Waals surface area contributed by atoms with Crippen molar-refractivity contribution in [2.75, 3.05) is 0 Å². The third-order valence-corrected chi connectivity index (χ3v) is 3.62. The number of halogens is 1. The summed E-state index contributed by atoms with van der Waals surface area (Å²) in [5, 5.41) is 3.20. The Kier molecular flexibility index (Phi) is 3.41. The van der Waals surface area contributed by atoms with Crippen LogP contribution in [0.15, 0.2) is 34.9 Å². The molecule has 2 heterocycles. The van der Waals surface area contributed by atoms with Gasteiger partial charge in [0.05, 0.1) is 12.2 Å². The Labute approximate surface area is 132 Å². The molecule has 0 saturated carbocycles. The van der Waals surface area contributed by atoms with Gasteiger partial charge in [-0.15, -0.1) is 0 Å². The second kappa shape index (κ2) is 5.14. The van der Waals surface area contributed by atoms with Crippen molar-refractivity contribution in [1.29, 1.82) is 0 Å². The number of aromatic nitrogens is 1. The molecule has 0 spiro atoms. The van der Waals surface area contributed by atoms with Gasteiger partial charge in [-0.3, -0.25) is 9.69 Å². The van der Waals surface area contributed by atoms with Gasteiger partial charge in [0, 0.05) is 10.6 Å². The average Bonchev–Trinajstić information content (AvgIpc) is 2.98. The molecule has 1 aliphatic rings. The largest absolute Gasteiger partial charge is 0.444 e. The third-order valence-electron chi connectivity index (χ3n) is 3.39. The van der Waals surface area contributed by atoms with Crippen LogP contribution in [0.5, 0.6) is 0 Å². The van der Waals surface area contributed by atoms with E-state index in [1.54, 1.807) is 32.0 Å². The minimum absolute atomic E-state index is 0.0676. The van der Waals surface area contributed by atoms with Gasteiger partial charge in [-0.05, 0) is 32.0 Å². The zero-order chi connectivity index (χ0) is 15.9. The minimum Gasteiger partial charge on any atom is -0.444 e. The smallest absolute Gasteiger partial charge is 0.325 e. The molecular formula is C15H14ClN3O3. The summed E-state index contributed by atoms with van der Waals surface area (Å²) in [6.45, 7) is 3.39. The molecule has 22 heavy (non-hydrogen) atoms. The fourth-order valence-corrected chi connectivity index (χ4v) is 2.45. The molecule has 2 aromatic rings. The molecule has 0 bridgehead atoms. The normalized spacial score (nSPS) is 17.0. The van der Waals surface area contributed by atoms with E-state index in [2.05, 4.69) is 10.3 Å². The highest BCUT2D eigenvalue weighted by molar-refractivity contribution is 6.30. The number of carbonyl (C=O) groups excluding carboxylic acids is 2. The number of amides is 3. The summed E-state index contributed by atoms with van der Waals surface area (Å²) in [4.78, 5) is 29.4. The van der Waals surface area contributed by atoms with Crippen molar-refractivity contribution in [2.45, 2.75) is 25.9 Å². The first-order valence-corrected chi connectivity index (χ1v) is 7.09. The molecule has 0 radical (unpaired) electrons. The van der Waals surface area contributed by atoms with E-state index < -0.39 is 11.6 Å². The lowest BCUT2D eigenvalue weighted by Crippen LogP contribution is -2.40. The van der Waals surface area contributed by atoms with E-state index in [4.69, 9.17) is 16.0 Å². The van der Waals surface area contributed by atoms with Gasteiger partial charge in [-0.25, -0.2) is 9.78 Å². The van der Waals surface area contributed by atoms with E-state index in [1.807, 2.05) is 6.07 Å². The monoisotopic (exact) mass is 319 g/mol. The van der Waals surface area contributed by atoms with Gasteiger partial charge < -0.3 is 9.73 Å². The number of oxazole rings is 1. The van der Waals surface area contributed by atoms with E-state index in [0.717, 1.165) is 10.5 Å². The van der Waals surface area contributed by atoms with Crippen molar-refractivity contribution in [2.24, 2.45) is 0 Å². The van der Waals surface area contributed by atoms with Crippen LogP contribution in [0, 0.1) is 0 Å². The van der Waals surface area contributed by atoms with Crippen LogP contribution in [-0.2, 0) is 11.3 Å². The Bertz CT molecular complexity index is 754. The van der Waals surface area contributed by atoms with Gasteiger partial charge in [0.15, 0.2) is 0 Å². The molecule has 1 fully saturated rings. The predicted octanol–water partition coefficient (Wildman–Crippen LogP) is 2.83. The van der Waals surface area contributed by atoms with Gasteiger partial charge in [0.25, 0.3) is 5.91 Å². The third kappa shape index (κ3) is 2.57. The summed E-state index contributed by atoms with van der Waals surface area (Å²) < 4.78 is 5.40. The molecule has 1 aromatic heterocycles. The van der Waals surface area contributed by atoms with Crippen LogP contribution in [0.25, 0.3) is 11.5 Å². The Morgan fingerprint density at radius 1 is 1.36 bits per heavy atom. The van der Waals surface area contributed by atoms with Gasteiger partial charge in [-0.2, -0.15) is 0 Å². The number of hydrogen-bond acceptors (Lipinski definition) is 4. The van der Waals surface area contributed by atoms with Crippen LogP contribution in [0.3, 0.4) is 0 Å². The molecule has 1 N–H and O–H groups in total. The maximum Gasteiger partial charge on any atom is 0.325 e. The topological polar surface area (TPSA) is 75.4 Å². The van der Waals surface area contributed by atoms with Crippen molar-refractivity contribution in [3.63, 3.8) is 0 Å². The molecule has 1 aliphatic heterocycles. The lowest BCUT2D eigenvalue weighted by molar-refractivity contribution is -0.130. The van der Waals surface area contributed by atoms with E-state index in [1.165, 1.54) is 6.26 Å². The number of imide groups is 1. The summed E-state index contributed by atoms with van der Waals surface area (Å²) in [5.41, 5.74) is 0.337. The molecule has 0 aliphatic carbocycles. The second-order valence-electron chi connectivity index (χ2n) is 5.60. The molecule has 114 valence electrons. The first-order chi connectivity index (χ1) is 10.4. The average molecular weight is 320 g/mol. The number of carbonyl (C=O) groups is 2. The fraction of sp³-hybridized carbons (Fsp3) is 0.267. The Morgan fingerprint density at radius 3 is 2.77 bits per heavy atom. The molecule has 0 unspecified atom stereocenters. The highest BCUT2D eigenvalue weighted by Crippen LogP contribution is 2.24. The van der Waals surface area contributed by atoms with Crippen molar-refractivity contribution < 1.29 is 14.0 Å². The molecule has 0 atom stereocenters. The number of nitrogens with one attached hydrogen (secondary N) is 1. The van der Waals surface area contributed by atoms with Crippen LogP contribution in [0.2, 0.25) is 5.02 Å². The SMILES string of the molecule is CC1(C)NC(=O)N(Cc2coc(-c3cccc(Cl)c3)n2)C1=O. The first kappa shape index (κ1) is 14.6. The summed E-state index contributed by atoms with van der Waals surface area (Å²) in [5.74, 6) is 0.105. The second-order valence-corrected chi connectivity index (χ2v) is 6.04. The van der Waals surface area contributed by atoms with Gasteiger partial charge in [0.2, 0.25) is 5.89 Å². The van der Waals surface area contributed by atoms with Gasteiger partial charge in [-0.1, -0.05) is 17.7 Å². The lowest BCUT2D eigenvalue weighted by Gasteiger charge is -2.14. The molecule has 3 rings (SSSR count). The summed E-state index contributed by atoms with van der Waals surface area (Å²) in [7, 11) is 0. The predicted molar refractivity (Wildman–Crippen MR) is 80.1 cm³/mol. The standard InChI is InChI=1S/C15H14ClN3O3/c1-15(2)13(20)19(14(21)18-15)7-11-8-22-12(17-11)9-4-3-5-10(16)6-9/h3-6,8H,7H2,1-2H3,(H,18,21). The van der Waals surface area contributed by atoms with Crippen LogP contribution < -0.4 is 5.32 Å². The zero-order valence-electron chi connectivity index (χ0n) is 12.1. The lowest BCUT2D eigenvalue weighted by atomic mass is 10.1. The Balaban J connectivity index is 1.81. The molecule has 1 saturated heterocycles. The number of urea groups is 1. The highest BCUT2D eigenvalue weighted by Gasteiger charge is 2.44. The van der Waals surface area contributed by atoms with Crippen molar-refractivity contribution in [3.8, 4) is 11.5 Å². The summed E-state index contributed by atoms with van der Waals surface area (Å²) in [6.07, 6.45) is 1.43. The maximum absolute atomic E-state index is 12.1. The Hall–Kier alpha value is -2.34. The Morgan fingerprint density at radius 2 is 2.14 bits per heavy atom. The summed E-state index contributed by atoms with van der Waals surface area (Å²) in [6, 6.07) is 6.67. The van der Waals surface area contributed by atoms with Crippen LogP contribution in [0.4, 0.5) is 4.79 Å². The van der Waals surface area contributed by atoms with Crippen LogP contribution in [0.1, 0.15) is 19.5 Å². The van der Waals surface area contributed by atoms with E-state index in [0.29, 0.717) is 16.6 Å². The highest BCUT2D eigenvalue weighted by atomic mass is 35.5. The maximum atomic E-state index is 12.1. The van der Waals surface area contributed by atoms with Gasteiger partial charge in [0.1, 0.15) is 11.8 Å². The minimum atomic E-state index is -0.892.